The molecular formula is C20H32ClIN4O. The van der Waals surface area contributed by atoms with E-state index in [0.717, 1.165) is 36.8 Å². The minimum atomic E-state index is 0. The summed E-state index contributed by atoms with van der Waals surface area (Å²) in [5.74, 6) is 1.22. The van der Waals surface area contributed by atoms with Crippen LogP contribution in [0, 0.1) is 11.3 Å². The Morgan fingerprint density at radius 2 is 1.93 bits per heavy atom. The molecule has 1 aromatic rings. The van der Waals surface area contributed by atoms with Gasteiger partial charge in [-0.2, -0.15) is 0 Å². The van der Waals surface area contributed by atoms with Gasteiger partial charge in [0.05, 0.1) is 0 Å². The summed E-state index contributed by atoms with van der Waals surface area (Å²) in [4.78, 5) is 16.4. The summed E-state index contributed by atoms with van der Waals surface area (Å²) in [5, 5.41) is 10.3. The van der Waals surface area contributed by atoms with Gasteiger partial charge in [-0.1, -0.05) is 37.6 Å². The normalized spacial score (nSPS) is 14.3. The minimum Gasteiger partial charge on any atom is -0.357 e. The van der Waals surface area contributed by atoms with Gasteiger partial charge in [0, 0.05) is 37.1 Å². The molecule has 27 heavy (non-hydrogen) atoms. The highest BCUT2D eigenvalue weighted by Crippen LogP contribution is 2.28. The van der Waals surface area contributed by atoms with E-state index in [2.05, 4.69) is 35.9 Å². The van der Waals surface area contributed by atoms with Gasteiger partial charge in [-0.3, -0.25) is 9.79 Å². The molecule has 1 amide bonds. The van der Waals surface area contributed by atoms with Crippen LogP contribution in [0.15, 0.2) is 29.3 Å². The van der Waals surface area contributed by atoms with Crippen LogP contribution in [0.3, 0.4) is 0 Å². The zero-order valence-corrected chi connectivity index (χ0v) is 19.6. The fourth-order valence-corrected chi connectivity index (χ4v) is 2.96. The molecule has 152 valence electrons. The molecule has 0 aliphatic heterocycles. The number of halogens is 2. The number of aliphatic imine (C=N–C) groups is 1. The van der Waals surface area contributed by atoms with Gasteiger partial charge in [-0.05, 0) is 49.3 Å². The van der Waals surface area contributed by atoms with Gasteiger partial charge in [0.25, 0.3) is 0 Å². The summed E-state index contributed by atoms with van der Waals surface area (Å²) in [6.07, 6.45) is 2.98. The highest BCUT2D eigenvalue weighted by atomic mass is 127. The topological polar surface area (TPSA) is 65.5 Å². The van der Waals surface area contributed by atoms with Crippen LogP contribution in [0.25, 0.3) is 0 Å². The van der Waals surface area contributed by atoms with Crippen molar-refractivity contribution in [2.45, 2.75) is 40.0 Å². The summed E-state index contributed by atoms with van der Waals surface area (Å²) >= 11 is 6.08. The fourth-order valence-electron chi connectivity index (χ4n) is 2.75. The third-order valence-electron chi connectivity index (χ3n) is 4.25. The molecule has 7 heteroatoms. The van der Waals surface area contributed by atoms with Crippen LogP contribution in [0.2, 0.25) is 5.02 Å². The number of nitrogens with zero attached hydrogens (tertiary/aromatic N) is 1. The lowest BCUT2D eigenvalue weighted by molar-refractivity contribution is -0.122. The van der Waals surface area contributed by atoms with Gasteiger partial charge >= 0.3 is 0 Å². The Morgan fingerprint density at radius 1 is 1.22 bits per heavy atom. The molecule has 5 nitrogen and oxygen atoms in total. The van der Waals surface area contributed by atoms with Gasteiger partial charge in [0.1, 0.15) is 0 Å². The molecule has 0 aromatic heterocycles. The van der Waals surface area contributed by atoms with Crippen molar-refractivity contribution in [2.24, 2.45) is 16.3 Å². The number of hydrogen-bond donors (Lipinski definition) is 3. The van der Waals surface area contributed by atoms with Gasteiger partial charge in [-0.25, -0.2) is 0 Å². The third-order valence-corrected chi connectivity index (χ3v) is 4.48. The SMILES string of the molecule is CCNC(=NCC(C)(C)Cc1cccc(Cl)c1)NCCNC(=O)C1CC1.I. The van der Waals surface area contributed by atoms with Gasteiger partial charge in [0.15, 0.2) is 5.96 Å². The van der Waals surface area contributed by atoms with E-state index in [4.69, 9.17) is 16.6 Å². The zero-order valence-electron chi connectivity index (χ0n) is 16.5. The van der Waals surface area contributed by atoms with Crippen molar-refractivity contribution in [1.82, 2.24) is 16.0 Å². The van der Waals surface area contributed by atoms with Crippen molar-refractivity contribution in [3.05, 3.63) is 34.9 Å². The van der Waals surface area contributed by atoms with Crippen LogP contribution in [0.1, 0.15) is 39.2 Å². The van der Waals surface area contributed by atoms with Crippen LogP contribution in [0.5, 0.6) is 0 Å². The molecule has 1 saturated carbocycles. The second-order valence-corrected chi connectivity index (χ2v) is 8.09. The summed E-state index contributed by atoms with van der Waals surface area (Å²) in [6, 6.07) is 7.99. The smallest absolute Gasteiger partial charge is 0.223 e. The molecule has 0 radical (unpaired) electrons. The van der Waals surface area contributed by atoms with E-state index in [1.807, 2.05) is 25.1 Å². The van der Waals surface area contributed by atoms with Crippen LogP contribution in [-0.4, -0.2) is 38.0 Å². The summed E-state index contributed by atoms with van der Waals surface area (Å²) in [5.41, 5.74) is 1.24. The van der Waals surface area contributed by atoms with E-state index in [9.17, 15) is 4.79 Å². The standard InChI is InChI=1S/C20H31ClN4O.HI/c1-4-22-19(24-11-10-23-18(26)16-8-9-16)25-14-20(2,3)13-15-6-5-7-17(21)12-15;/h5-7,12,16H,4,8-11,13-14H2,1-3H3,(H,23,26)(H2,22,24,25);1H. The second-order valence-electron chi connectivity index (χ2n) is 7.66. The molecule has 0 saturated heterocycles. The predicted octanol–water partition coefficient (Wildman–Crippen LogP) is 3.61. The Hall–Kier alpha value is -1.02. The number of rotatable bonds is 9. The first-order valence-electron chi connectivity index (χ1n) is 9.44. The molecule has 3 N–H and O–H groups in total. The Morgan fingerprint density at radius 3 is 2.56 bits per heavy atom. The van der Waals surface area contributed by atoms with Crippen molar-refractivity contribution in [3.8, 4) is 0 Å². The number of amides is 1. The average molecular weight is 507 g/mol. The Balaban J connectivity index is 0.00000364. The molecular weight excluding hydrogens is 475 g/mol. The first kappa shape index (κ1) is 24.0. The van der Waals surface area contributed by atoms with Gasteiger partial charge < -0.3 is 16.0 Å². The van der Waals surface area contributed by atoms with E-state index in [0.29, 0.717) is 19.6 Å². The minimum absolute atomic E-state index is 0. The highest BCUT2D eigenvalue weighted by molar-refractivity contribution is 14.0. The van der Waals surface area contributed by atoms with Crippen molar-refractivity contribution in [1.29, 1.82) is 0 Å². The molecule has 0 heterocycles. The quantitative estimate of drug-likeness (QED) is 0.207. The molecule has 1 aliphatic carbocycles. The van der Waals surface area contributed by atoms with Crippen molar-refractivity contribution < 1.29 is 4.79 Å². The molecule has 0 spiro atoms. The maximum absolute atomic E-state index is 11.6. The number of carbonyl (C=O) groups excluding carboxylic acids is 1. The fraction of sp³-hybridized carbons (Fsp3) is 0.600. The molecule has 0 bridgehead atoms. The van der Waals surface area contributed by atoms with E-state index in [1.165, 1.54) is 5.56 Å². The average Bonchev–Trinajstić information content (AvgIpc) is 3.41. The van der Waals surface area contributed by atoms with Crippen LogP contribution in [0.4, 0.5) is 0 Å². The van der Waals surface area contributed by atoms with Crippen LogP contribution >= 0.6 is 35.6 Å². The number of nitrogens with one attached hydrogen (secondary N) is 3. The van der Waals surface area contributed by atoms with Crippen molar-refractivity contribution in [2.75, 3.05) is 26.2 Å². The lowest BCUT2D eigenvalue weighted by Crippen LogP contribution is -2.42. The Kier molecular flexibility index (Phi) is 10.4. The molecule has 0 unspecified atom stereocenters. The largest absolute Gasteiger partial charge is 0.357 e. The molecule has 1 aliphatic rings. The predicted molar refractivity (Wildman–Crippen MR) is 124 cm³/mol. The third kappa shape index (κ3) is 9.65. The summed E-state index contributed by atoms with van der Waals surface area (Å²) in [7, 11) is 0. The van der Waals surface area contributed by atoms with Crippen molar-refractivity contribution >= 4 is 47.4 Å². The van der Waals surface area contributed by atoms with Crippen molar-refractivity contribution in [3.63, 3.8) is 0 Å². The summed E-state index contributed by atoms with van der Waals surface area (Å²) in [6.45, 7) is 9.24. The number of hydrogen-bond acceptors (Lipinski definition) is 2. The van der Waals surface area contributed by atoms with E-state index < -0.39 is 0 Å². The number of benzene rings is 1. The number of guanidine groups is 1. The maximum atomic E-state index is 11.6. The van der Waals surface area contributed by atoms with E-state index >= 15 is 0 Å². The lowest BCUT2D eigenvalue weighted by atomic mass is 9.86. The first-order chi connectivity index (χ1) is 12.4. The van der Waals surface area contributed by atoms with E-state index in [-0.39, 0.29) is 41.2 Å². The second kappa shape index (κ2) is 11.7. The molecule has 1 fully saturated rings. The number of carbonyl (C=O) groups is 1. The summed E-state index contributed by atoms with van der Waals surface area (Å²) < 4.78 is 0. The molecule has 0 atom stereocenters. The van der Waals surface area contributed by atoms with Gasteiger partial charge in [-0.15, -0.1) is 24.0 Å². The van der Waals surface area contributed by atoms with E-state index in [1.54, 1.807) is 0 Å². The molecule has 2 rings (SSSR count). The Labute approximate surface area is 185 Å². The zero-order chi connectivity index (χ0) is 19.0. The monoisotopic (exact) mass is 506 g/mol. The maximum Gasteiger partial charge on any atom is 0.223 e. The molecule has 1 aromatic carbocycles. The lowest BCUT2D eigenvalue weighted by Gasteiger charge is -2.23. The van der Waals surface area contributed by atoms with Crippen LogP contribution < -0.4 is 16.0 Å². The highest BCUT2D eigenvalue weighted by Gasteiger charge is 2.29. The first-order valence-corrected chi connectivity index (χ1v) is 9.82. The van der Waals surface area contributed by atoms with Crippen LogP contribution in [-0.2, 0) is 11.2 Å². The Bertz CT molecular complexity index is 632. The van der Waals surface area contributed by atoms with Gasteiger partial charge in [0.2, 0.25) is 5.91 Å².